The second-order valence-corrected chi connectivity index (χ2v) is 5.87. The van der Waals surface area contributed by atoms with Crippen molar-refractivity contribution in [2.45, 2.75) is 51.0 Å². The van der Waals surface area contributed by atoms with E-state index in [-0.39, 0.29) is 5.41 Å². The van der Waals surface area contributed by atoms with Gasteiger partial charge in [0.2, 0.25) is 5.88 Å². The Morgan fingerprint density at radius 3 is 2.40 bits per heavy atom. The van der Waals surface area contributed by atoms with Crippen LogP contribution < -0.4 is 10.5 Å². The molecule has 1 aromatic rings. The van der Waals surface area contributed by atoms with E-state index >= 15 is 0 Å². The van der Waals surface area contributed by atoms with Gasteiger partial charge in [-0.15, -0.1) is 0 Å². The summed E-state index contributed by atoms with van der Waals surface area (Å²) in [6.07, 6.45) is 9.26. The number of pyridine rings is 1. The highest BCUT2D eigenvalue weighted by molar-refractivity contribution is 5.21. The first kappa shape index (κ1) is 15.3. The first-order valence-electron chi connectivity index (χ1n) is 7.60. The number of nitrogens with two attached hydrogens (primary N) is 1. The molecule has 0 aromatic carbocycles. The van der Waals surface area contributed by atoms with Crippen LogP contribution in [0.5, 0.6) is 5.88 Å². The minimum absolute atomic E-state index is 0.198. The zero-order valence-corrected chi connectivity index (χ0v) is 12.3. The van der Waals surface area contributed by atoms with Gasteiger partial charge in [-0.2, -0.15) is 0 Å². The van der Waals surface area contributed by atoms with Gasteiger partial charge in [0.15, 0.2) is 0 Å². The van der Waals surface area contributed by atoms with Crippen LogP contribution in [0.25, 0.3) is 0 Å². The van der Waals surface area contributed by atoms with Crippen molar-refractivity contribution in [3.8, 4) is 5.88 Å². The summed E-state index contributed by atoms with van der Waals surface area (Å²) in [5.74, 6) is 0.570. The summed E-state index contributed by atoms with van der Waals surface area (Å²) in [7, 11) is 1.59. The summed E-state index contributed by atoms with van der Waals surface area (Å²) < 4.78 is 5.06. The molecular formula is C16H26N2O2. The van der Waals surface area contributed by atoms with Crippen LogP contribution in [-0.2, 0) is 0 Å². The van der Waals surface area contributed by atoms with Crippen molar-refractivity contribution in [2.24, 2.45) is 11.1 Å². The average molecular weight is 278 g/mol. The number of aliphatic hydroxyl groups excluding tert-OH is 1. The molecule has 4 heteroatoms. The van der Waals surface area contributed by atoms with Crippen LogP contribution in [0.3, 0.4) is 0 Å². The minimum Gasteiger partial charge on any atom is -0.481 e. The fourth-order valence-electron chi connectivity index (χ4n) is 3.23. The van der Waals surface area contributed by atoms with Crippen LogP contribution in [0.4, 0.5) is 0 Å². The van der Waals surface area contributed by atoms with Crippen molar-refractivity contribution in [3.63, 3.8) is 0 Å². The number of nitrogens with zero attached hydrogens (tertiary/aromatic N) is 1. The van der Waals surface area contributed by atoms with Crippen molar-refractivity contribution in [2.75, 3.05) is 13.7 Å². The molecule has 112 valence electrons. The maximum Gasteiger partial charge on any atom is 0.212 e. The summed E-state index contributed by atoms with van der Waals surface area (Å²) in [6, 6.07) is 3.69. The molecule has 0 saturated heterocycles. The molecule has 2 rings (SSSR count). The number of aromatic nitrogens is 1. The molecule has 1 aliphatic carbocycles. The number of rotatable bonds is 4. The standard InChI is InChI=1S/C16H26N2O2/c1-20-14-8-7-13(11-18-14)15(19)16(12-17)9-5-3-2-4-6-10-16/h7-8,11,15,19H,2-6,9-10,12,17H2,1H3. The normalized spacial score (nSPS) is 20.8. The summed E-state index contributed by atoms with van der Waals surface area (Å²) in [5, 5.41) is 10.8. The fraction of sp³-hybridized carbons (Fsp3) is 0.688. The van der Waals surface area contributed by atoms with E-state index in [9.17, 15) is 5.11 Å². The molecule has 1 saturated carbocycles. The second-order valence-electron chi connectivity index (χ2n) is 5.87. The molecule has 0 radical (unpaired) electrons. The van der Waals surface area contributed by atoms with Crippen molar-refractivity contribution in [3.05, 3.63) is 23.9 Å². The Bertz CT molecular complexity index is 397. The Kier molecular flexibility index (Phi) is 5.38. The first-order chi connectivity index (χ1) is 9.72. The number of hydrogen-bond acceptors (Lipinski definition) is 4. The third-order valence-corrected chi connectivity index (χ3v) is 4.62. The van der Waals surface area contributed by atoms with Crippen molar-refractivity contribution >= 4 is 0 Å². The quantitative estimate of drug-likeness (QED) is 0.888. The molecule has 1 fully saturated rings. The number of hydrogen-bond donors (Lipinski definition) is 2. The Hall–Kier alpha value is -1.13. The lowest BCUT2D eigenvalue weighted by Gasteiger charge is -2.38. The lowest BCUT2D eigenvalue weighted by atomic mass is 9.70. The highest BCUT2D eigenvalue weighted by Gasteiger charge is 2.37. The van der Waals surface area contributed by atoms with Gasteiger partial charge in [0.25, 0.3) is 0 Å². The topological polar surface area (TPSA) is 68.4 Å². The first-order valence-corrected chi connectivity index (χ1v) is 7.60. The molecule has 1 aliphatic rings. The molecule has 0 amide bonds. The van der Waals surface area contributed by atoms with E-state index in [2.05, 4.69) is 4.98 Å². The largest absolute Gasteiger partial charge is 0.481 e. The van der Waals surface area contributed by atoms with Gasteiger partial charge in [-0.25, -0.2) is 4.98 Å². The van der Waals surface area contributed by atoms with Gasteiger partial charge in [-0.3, -0.25) is 0 Å². The van der Waals surface area contributed by atoms with Crippen LogP contribution in [-0.4, -0.2) is 23.7 Å². The highest BCUT2D eigenvalue weighted by atomic mass is 16.5. The smallest absolute Gasteiger partial charge is 0.212 e. The lowest BCUT2D eigenvalue weighted by molar-refractivity contribution is 0.00821. The Labute approximate surface area is 121 Å². The van der Waals surface area contributed by atoms with E-state index in [1.54, 1.807) is 19.4 Å². The third kappa shape index (κ3) is 3.30. The van der Waals surface area contributed by atoms with Crippen LogP contribution >= 0.6 is 0 Å². The molecular weight excluding hydrogens is 252 g/mol. The van der Waals surface area contributed by atoms with Gasteiger partial charge in [0.1, 0.15) is 0 Å². The summed E-state index contributed by atoms with van der Waals surface area (Å²) in [6.45, 7) is 0.528. The lowest BCUT2D eigenvalue weighted by Crippen LogP contribution is -2.37. The SMILES string of the molecule is COc1ccc(C(O)C2(CN)CCCCCCC2)cn1. The van der Waals surface area contributed by atoms with Gasteiger partial charge >= 0.3 is 0 Å². The summed E-state index contributed by atoms with van der Waals surface area (Å²) >= 11 is 0. The van der Waals surface area contributed by atoms with Gasteiger partial charge in [-0.1, -0.05) is 32.1 Å². The fourth-order valence-corrected chi connectivity index (χ4v) is 3.23. The van der Waals surface area contributed by atoms with Crippen LogP contribution in [0.2, 0.25) is 0 Å². The van der Waals surface area contributed by atoms with Crippen LogP contribution in [0.15, 0.2) is 18.3 Å². The maximum atomic E-state index is 10.8. The third-order valence-electron chi connectivity index (χ3n) is 4.62. The van der Waals surface area contributed by atoms with Crippen molar-refractivity contribution in [1.82, 2.24) is 4.98 Å². The van der Waals surface area contributed by atoms with Gasteiger partial charge in [0.05, 0.1) is 13.2 Å². The van der Waals surface area contributed by atoms with Gasteiger partial charge in [-0.05, 0) is 24.5 Å². The molecule has 0 aliphatic heterocycles. The van der Waals surface area contributed by atoms with Gasteiger partial charge < -0.3 is 15.6 Å². The van der Waals surface area contributed by atoms with E-state index in [0.717, 1.165) is 31.2 Å². The van der Waals surface area contributed by atoms with Crippen LogP contribution in [0.1, 0.15) is 56.6 Å². The predicted molar refractivity (Wildman–Crippen MR) is 79.6 cm³/mol. The molecule has 1 unspecified atom stereocenters. The zero-order chi connectivity index (χ0) is 14.4. The van der Waals surface area contributed by atoms with Crippen molar-refractivity contribution in [1.29, 1.82) is 0 Å². The molecule has 1 heterocycles. The zero-order valence-electron chi connectivity index (χ0n) is 12.3. The predicted octanol–water partition coefficient (Wildman–Crippen LogP) is 2.81. The molecule has 1 aromatic heterocycles. The Morgan fingerprint density at radius 1 is 1.25 bits per heavy atom. The van der Waals surface area contributed by atoms with E-state index < -0.39 is 6.10 Å². The second kappa shape index (κ2) is 7.04. The summed E-state index contributed by atoms with van der Waals surface area (Å²) in [4.78, 5) is 4.20. The Morgan fingerprint density at radius 2 is 1.90 bits per heavy atom. The average Bonchev–Trinajstić information content (AvgIpc) is 2.47. The van der Waals surface area contributed by atoms with E-state index in [1.807, 2.05) is 6.07 Å². The van der Waals surface area contributed by atoms with Gasteiger partial charge in [0, 0.05) is 24.2 Å². The summed E-state index contributed by atoms with van der Waals surface area (Å²) in [5.41, 5.74) is 6.69. The van der Waals surface area contributed by atoms with E-state index in [4.69, 9.17) is 10.5 Å². The molecule has 4 nitrogen and oxygen atoms in total. The number of ether oxygens (including phenoxy) is 1. The van der Waals surface area contributed by atoms with E-state index in [1.165, 1.54) is 19.3 Å². The molecule has 0 spiro atoms. The molecule has 1 atom stereocenters. The molecule has 0 bridgehead atoms. The number of methoxy groups -OCH3 is 1. The maximum absolute atomic E-state index is 10.8. The highest BCUT2D eigenvalue weighted by Crippen LogP contribution is 2.43. The molecule has 20 heavy (non-hydrogen) atoms. The van der Waals surface area contributed by atoms with E-state index in [0.29, 0.717) is 12.4 Å². The monoisotopic (exact) mass is 278 g/mol. The van der Waals surface area contributed by atoms with Crippen LogP contribution in [0, 0.1) is 5.41 Å². The Balaban J connectivity index is 2.18. The minimum atomic E-state index is -0.538. The molecule has 3 N–H and O–H groups in total. The van der Waals surface area contributed by atoms with Crippen molar-refractivity contribution < 1.29 is 9.84 Å². The number of aliphatic hydroxyl groups is 1.